The first kappa shape index (κ1) is 16.0. The summed E-state index contributed by atoms with van der Waals surface area (Å²) >= 11 is 0. The fraction of sp³-hybridized carbons (Fsp3) is 0.375. The van der Waals surface area contributed by atoms with Crippen molar-refractivity contribution in [3.05, 3.63) is 35.3 Å². The van der Waals surface area contributed by atoms with Crippen LogP contribution in [0.3, 0.4) is 0 Å². The van der Waals surface area contributed by atoms with Gasteiger partial charge < -0.3 is 15.4 Å². The van der Waals surface area contributed by atoms with Crippen LogP contribution in [-0.4, -0.2) is 28.0 Å². The maximum Gasteiger partial charge on any atom is 0.326 e. The minimum atomic E-state index is -1.06. The van der Waals surface area contributed by atoms with Crippen LogP contribution in [-0.2, 0) is 4.79 Å². The summed E-state index contributed by atoms with van der Waals surface area (Å²) in [4.78, 5) is 26.2. The van der Waals surface area contributed by atoms with Crippen molar-refractivity contribution in [1.82, 2.24) is 10.3 Å². The van der Waals surface area contributed by atoms with E-state index in [9.17, 15) is 14.0 Å². The molecule has 5 nitrogen and oxygen atoms in total. The summed E-state index contributed by atoms with van der Waals surface area (Å²) in [5.41, 5.74) is 1.46. The molecule has 0 fully saturated rings. The first-order valence-corrected chi connectivity index (χ1v) is 7.25. The highest BCUT2D eigenvalue weighted by Gasteiger charge is 2.21. The smallest absolute Gasteiger partial charge is 0.326 e. The Morgan fingerprint density at radius 2 is 2.09 bits per heavy atom. The second-order valence-electron chi connectivity index (χ2n) is 5.37. The Balaban J connectivity index is 2.21. The minimum absolute atomic E-state index is 0.228. The lowest BCUT2D eigenvalue weighted by atomic mass is 10.1. The number of fused-ring (bicyclic) bond motifs is 1. The second-order valence-corrected chi connectivity index (χ2v) is 5.37. The van der Waals surface area contributed by atoms with E-state index >= 15 is 0 Å². The van der Waals surface area contributed by atoms with E-state index in [2.05, 4.69) is 10.3 Å². The lowest BCUT2D eigenvalue weighted by Gasteiger charge is -2.13. The van der Waals surface area contributed by atoms with Gasteiger partial charge in [0.2, 0.25) is 0 Å². The molecule has 1 aromatic heterocycles. The van der Waals surface area contributed by atoms with Gasteiger partial charge >= 0.3 is 5.97 Å². The van der Waals surface area contributed by atoms with Crippen LogP contribution in [0.25, 0.3) is 10.9 Å². The van der Waals surface area contributed by atoms with Crippen molar-refractivity contribution in [3.63, 3.8) is 0 Å². The molecular formula is C16H19FN2O3. The molecule has 0 radical (unpaired) electrons. The third kappa shape index (κ3) is 3.44. The average molecular weight is 306 g/mol. The normalized spacial score (nSPS) is 12.3. The largest absolute Gasteiger partial charge is 0.480 e. The highest BCUT2D eigenvalue weighted by Crippen LogP contribution is 2.21. The molecule has 0 aliphatic carbocycles. The number of rotatable bonds is 6. The molecule has 3 N–H and O–H groups in total. The molecule has 0 aliphatic heterocycles. The number of carbonyl (C=O) groups is 2. The van der Waals surface area contributed by atoms with E-state index in [1.165, 1.54) is 12.1 Å². The van der Waals surface area contributed by atoms with Crippen LogP contribution in [0.15, 0.2) is 18.2 Å². The first-order chi connectivity index (χ1) is 10.4. The molecule has 0 saturated heterocycles. The lowest BCUT2D eigenvalue weighted by molar-refractivity contribution is -0.139. The zero-order valence-corrected chi connectivity index (χ0v) is 12.6. The van der Waals surface area contributed by atoms with Gasteiger partial charge in [0.05, 0.1) is 0 Å². The van der Waals surface area contributed by atoms with Crippen molar-refractivity contribution in [2.75, 3.05) is 0 Å². The van der Waals surface area contributed by atoms with Gasteiger partial charge in [0.25, 0.3) is 5.91 Å². The van der Waals surface area contributed by atoms with Crippen LogP contribution >= 0.6 is 0 Å². The van der Waals surface area contributed by atoms with Crippen molar-refractivity contribution in [2.45, 2.75) is 39.2 Å². The van der Waals surface area contributed by atoms with E-state index in [0.29, 0.717) is 23.9 Å². The summed E-state index contributed by atoms with van der Waals surface area (Å²) in [5.74, 6) is -1.94. The number of aliphatic carboxylic acids is 1. The molecule has 118 valence electrons. The Kier molecular flexibility index (Phi) is 4.80. The molecule has 1 aromatic carbocycles. The van der Waals surface area contributed by atoms with Gasteiger partial charge in [-0.05, 0) is 37.1 Å². The SMILES string of the molecule is CCCCC(NC(=O)c1cc2c(C)cc(F)cc2[nH]1)C(=O)O. The highest BCUT2D eigenvalue weighted by atomic mass is 19.1. The number of benzene rings is 1. The van der Waals surface area contributed by atoms with Crippen molar-refractivity contribution in [3.8, 4) is 0 Å². The zero-order chi connectivity index (χ0) is 16.3. The van der Waals surface area contributed by atoms with Gasteiger partial charge in [-0.25, -0.2) is 9.18 Å². The molecule has 1 amide bonds. The Hall–Kier alpha value is -2.37. The third-order valence-corrected chi connectivity index (χ3v) is 3.60. The summed E-state index contributed by atoms with van der Waals surface area (Å²) in [6, 6.07) is 3.39. The number of carboxylic acid groups (broad SMARTS) is 1. The number of H-pyrrole nitrogens is 1. The van der Waals surface area contributed by atoms with Gasteiger partial charge in [-0.3, -0.25) is 4.79 Å². The van der Waals surface area contributed by atoms with Gasteiger partial charge in [0.1, 0.15) is 17.6 Å². The summed E-state index contributed by atoms with van der Waals surface area (Å²) < 4.78 is 13.4. The molecule has 1 atom stereocenters. The topological polar surface area (TPSA) is 82.2 Å². The van der Waals surface area contributed by atoms with Crippen LogP contribution in [0.4, 0.5) is 4.39 Å². The zero-order valence-electron chi connectivity index (χ0n) is 12.6. The van der Waals surface area contributed by atoms with Crippen molar-refractivity contribution in [2.24, 2.45) is 0 Å². The van der Waals surface area contributed by atoms with Crippen LogP contribution in [0.5, 0.6) is 0 Å². The summed E-state index contributed by atoms with van der Waals surface area (Å²) in [7, 11) is 0. The summed E-state index contributed by atoms with van der Waals surface area (Å²) in [6.45, 7) is 3.71. The number of unbranched alkanes of at least 4 members (excludes halogenated alkanes) is 1. The maximum atomic E-state index is 13.4. The molecule has 1 heterocycles. The van der Waals surface area contributed by atoms with Gasteiger partial charge in [-0.1, -0.05) is 19.8 Å². The Morgan fingerprint density at radius 3 is 2.73 bits per heavy atom. The Morgan fingerprint density at radius 1 is 1.36 bits per heavy atom. The van der Waals surface area contributed by atoms with E-state index in [1.807, 2.05) is 6.92 Å². The highest BCUT2D eigenvalue weighted by molar-refractivity contribution is 6.00. The van der Waals surface area contributed by atoms with E-state index in [0.717, 1.165) is 11.8 Å². The van der Waals surface area contributed by atoms with Gasteiger partial charge in [0.15, 0.2) is 0 Å². The van der Waals surface area contributed by atoms with Gasteiger partial charge in [-0.2, -0.15) is 0 Å². The molecule has 0 saturated carbocycles. The van der Waals surface area contributed by atoms with Crippen molar-refractivity contribution >= 4 is 22.8 Å². The maximum absolute atomic E-state index is 13.4. The predicted molar refractivity (Wildman–Crippen MR) is 81.4 cm³/mol. The first-order valence-electron chi connectivity index (χ1n) is 7.25. The fourth-order valence-electron chi connectivity index (χ4n) is 2.40. The number of nitrogens with one attached hydrogen (secondary N) is 2. The number of carbonyl (C=O) groups excluding carboxylic acids is 1. The lowest BCUT2D eigenvalue weighted by Crippen LogP contribution is -2.40. The quantitative estimate of drug-likeness (QED) is 0.767. The number of hydrogen-bond donors (Lipinski definition) is 3. The Bertz CT molecular complexity index is 709. The third-order valence-electron chi connectivity index (χ3n) is 3.60. The molecule has 1 unspecified atom stereocenters. The Labute approximate surface area is 127 Å². The summed E-state index contributed by atoms with van der Waals surface area (Å²) in [6.07, 6.45) is 1.95. The van der Waals surface area contributed by atoms with E-state index in [4.69, 9.17) is 5.11 Å². The molecule has 0 bridgehead atoms. The van der Waals surface area contributed by atoms with Crippen molar-refractivity contribution in [1.29, 1.82) is 0 Å². The van der Waals surface area contributed by atoms with Gasteiger partial charge in [0, 0.05) is 10.9 Å². The molecular weight excluding hydrogens is 287 g/mol. The number of aromatic nitrogens is 1. The fourth-order valence-corrected chi connectivity index (χ4v) is 2.40. The molecule has 2 aromatic rings. The van der Waals surface area contributed by atoms with E-state index in [1.54, 1.807) is 13.0 Å². The van der Waals surface area contributed by atoms with Crippen LogP contribution in [0, 0.1) is 12.7 Å². The number of aromatic amines is 1. The second kappa shape index (κ2) is 6.60. The predicted octanol–water partition coefficient (Wildman–Crippen LogP) is 2.99. The molecule has 0 spiro atoms. The van der Waals surface area contributed by atoms with Crippen LogP contribution in [0.2, 0.25) is 0 Å². The van der Waals surface area contributed by atoms with E-state index in [-0.39, 0.29) is 11.5 Å². The van der Waals surface area contributed by atoms with Crippen LogP contribution in [0.1, 0.15) is 42.2 Å². The number of amides is 1. The van der Waals surface area contributed by atoms with Gasteiger partial charge in [-0.15, -0.1) is 0 Å². The van der Waals surface area contributed by atoms with Crippen LogP contribution < -0.4 is 5.32 Å². The average Bonchev–Trinajstić information content (AvgIpc) is 2.87. The summed E-state index contributed by atoms with van der Waals surface area (Å²) in [5, 5.41) is 12.4. The number of aryl methyl sites for hydroxylation is 1. The molecule has 0 aliphatic rings. The van der Waals surface area contributed by atoms with Crippen molar-refractivity contribution < 1.29 is 19.1 Å². The van der Waals surface area contributed by atoms with E-state index < -0.39 is 17.9 Å². The number of carboxylic acids is 1. The standard InChI is InChI=1S/C16H19FN2O3/c1-3-4-5-12(16(21)22)19-15(20)14-8-11-9(2)6-10(17)7-13(11)18-14/h6-8,12,18H,3-5H2,1-2H3,(H,19,20)(H,21,22). The molecule has 6 heteroatoms. The molecule has 2 rings (SSSR count). The minimum Gasteiger partial charge on any atom is -0.480 e. The number of halogens is 1. The monoisotopic (exact) mass is 306 g/mol. The number of hydrogen-bond acceptors (Lipinski definition) is 2. The molecule has 22 heavy (non-hydrogen) atoms.